The van der Waals surface area contributed by atoms with E-state index < -0.39 is 0 Å². The highest BCUT2D eigenvalue weighted by atomic mass is 19.1. The van der Waals surface area contributed by atoms with Crippen molar-refractivity contribution in [3.8, 4) is 0 Å². The fourth-order valence-electron chi connectivity index (χ4n) is 3.51. The quantitative estimate of drug-likeness (QED) is 0.878. The Morgan fingerprint density at radius 3 is 2.58 bits per heavy atom. The number of amides is 2. The first-order valence-electron chi connectivity index (χ1n) is 8.87. The van der Waals surface area contributed by atoms with Gasteiger partial charge in [-0.3, -0.25) is 9.59 Å². The van der Waals surface area contributed by atoms with Crippen molar-refractivity contribution >= 4 is 17.5 Å². The van der Waals surface area contributed by atoms with Crippen LogP contribution in [0.4, 0.5) is 10.1 Å². The number of carbonyl (C=O) groups excluding carboxylic acids is 2. The Morgan fingerprint density at radius 2 is 1.88 bits per heavy atom. The first-order valence-corrected chi connectivity index (χ1v) is 8.87. The summed E-state index contributed by atoms with van der Waals surface area (Å²) in [5, 5.41) is 5.77. The van der Waals surface area contributed by atoms with Crippen LogP contribution in [0.15, 0.2) is 42.5 Å². The minimum atomic E-state index is -0.192. The Balaban J connectivity index is 1.68. The molecule has 0 radical (unpaired) electrons. The molecule has 2 amide bonds. The lowest BCUT2D eigenvalue weighted by Gasteiger charge is -2.32. The van der Waals surface area contributed by atoms with Gasteiger partial charge in [0.1, 0.15) is 5.82 Å². The highest BCUT2D eigenvalue weighted by Crippen LogP contribution is 2.35. The molecule has 0 spiro atoms. The second-order valence-electron chi connectivity index (χ2n) is 6.92. The van der Waals surface area contributed by atoms with Gasteiger partial charge in [-0.1, -0.05) is 31.2 Å². The molecule has 0 unspecified atom stereocenters. The van der Waals surface area contributed by atoms with E-state index in [4.69, 9.17) is 0 Å². The first kappa shape index (κ1) is 18.1. The summed E-state index contributed by atoms with van der Waals surface area (Å²) < 4.78 is 14.0. The van der Waals surface area contributed by atoms with E-state index in [1.165, 1.54) is 13.0 Å². The van der Waals surface area contributed by atoms with Crippen molar-refractivity contribution in [2.45, 2.75) is 39.2 Å². The van der Waals surface area contributed by atoms with Crippen LogP contribution in [-0.2, 0) is 22.4 Å². The number of halogens is 1. The van der Waals surface area contributed by atoms with Gasteiger partial charge in [0.2, 0.25) is 11.8 Å². The van der Waals surface area contributed by atoms with Crippen molar-refractivity contribution in [1.29, 1.82) is 0 Å². The maximum absolute atomic E-state index is 14.0. The highest BCUT2D eigenvalue weighted by Gasteiger charge is 2.29. The summed E-state index contributed by atoms with van der Waals surface area (Å²) in [5.41, 5.74) is 3.17. The Morgan fingerprint density at radius 1 is 1.15 bits per heavy atom. The van der Waals surface area contributed by atoms with E-state index in [9.17, 15) is 14.0 Å². The summed E-state index contributed by atoms with van der Waals surface area (Å²) >= 11 is 0. The zero-order valence-electron chi connectivity index (χ0n) is 15.0. The average Bonchev–Trinajstić information content (AvgIpc) is 2.59. The van der Waals surface area contributed by atoms with Crippen molar-refractivity contribution in [2.24, 2.45) is 5.92 Å². The maximum Gasteiger partial charge on any atom is 0.224 e. The zero-order chi connectivity index (χ0) is 18.7. The molecule has 1 aliphatic carbocycles. The molecule has 0 saturated carbocycles. The van der Waals surface area contributed by atoms with Gasteiger partial charge in [-0.2, -0.15) is 0 Å². The number of fused-ring (bicyclic) bond motifs is 1. The van der Waals surface area contributed by atoms with E-state index in [2.05, 4.69) is 17.6 Å². The van der Waals surface area contributed by atoms with Crippen LogP contribution in [0, 0.1) is 11.7 Å². The lowest BCUT2D eigenvalue weighted by molar-refractivity contribution is -0.121. The fraction of sp³-hybridized carbons (Fsp3) is 0.333. The van der Waals surface area contributed by atoms with Gasteiger partial charge in [-0.25, -0.2) is 4.39 Å². The number of nitrogens with one attached hydrogen (secondary N) is 2. The van der Waals surface area contributed by atoms with Gasteiger partial charge in [0.25, 0.3) is 0 Å². The molecule has 0 fully saturated rings. The second kappa shape index (κ2) is 7.68. The fourth-order valence-corrected chi connectivity index (χ4v) is 3.51. The van der Waals surface area contributed by atoms with Gasteiger partial charge in [-0.15, -0.1) is 0 Å². The molecule has 5 heteroatoms. The van der Waals surface area contributed by atoms with Crippen LogP contribution in [0.3, 0.4) is 0 Å². The number of hydrogen-bond donors (Lipinski definition) is 2. The molecule has 0 heterocycles. The number of rotatable bonds is 4. The van der Waals surface area contributed by atoms with Crippen LogP contribution < -0.4 is 10.6 Å². The van der Waals surface area contributed by atoms with Crippen molar-refractivity contribution in [3.05, 3.63) is 65.0 Å². The first-order chi connectivity index (χ1) is 12.4. The number of carbonyl (C=O) groups is 2. The molecule has 2 atom stereocenters. The molecule has 2 aromatic carbocycles. The minimum Gasteiger partial charge on any atom is -0.349 e. The van der Waals surface area contributed by atoms with E-state index >= 15 is 0 Å². The van der Waals surface area contributed by atoms with E-state index in [1.54, 1.807) is 18.2 Å². The summed E-state index contributed by atoms with van der Waals surface area (Å²) in [6.07, 6.45) is 1.80. The molecule has 0 saturated heterocycles. The molecule has 26 heavy (non-hydrogen) atoms. The zero-order valence-corrected chi connectivity index (χ0v) is 15.0. The Hall–Kier alpha value is -2.69. The molecule has 136 valence electrons. The van der Waals surface area contributed by atoms with Gasteiger partial charge in [-0.05, 0) is 53.6 Å². The lowest BCUT2D eigenvalue weighted by Crippen LogP contribution is -2.36. The van der Waals surface area contributed by atoms with Gasteiger partial charge >= 0.3 is 0 Å². The molecular formula is C21H23FN2O2. The molecule has 2 N–H and O–H groups in total. The lowest BCUT2D eigenvalue weighted by atomic mass is 9.80. The van der Waals surface area contributed by atoms with Gasteiger partial charge in [0.15, 0.2) is 0 Å². The molecule has 2 aromatic rings. The third-order valence-electron chi connectivity index (χ3n) is 4.86. The Kier molecular flexibility index (Phi) is 5.35. The van der Waals surface area contributed by atoms with E-state index in [0.29, 0.717) is 12.1 Å². The Bertz CT molecular complexity index is 817. The standard InChI is InChI=1S/C21H23FN2O2/c1-13-6-11-17-18(4-3-5-19(17)22)21(13)24-20(26)12-15-7-9-16(10-8-15)23-14(2)25/h3-5,7-10,13,21H,6,11-12H2,1-2H3,(H,23,25)(H,24,26)/t13-,21+/m0/s1. The van der Waals surface area contributed by atoms with Crippen molar-refractivity contribution in [3.63, 3.8) is 0 Å². The average molecular weight is 354 g/mol. The van der Waals surface area contributed by atoms with Crippen LogP contribution >= 0.6 is 0 Å². The normalized spacial score (nSPS) is 18.7. The number of anilines is 1. The van der Waals surface area contributed by atoms with E-state index in [-0.39, 0.29) is 36.0 Å². The highest BCUT2D eigenvalue weighted by molar-refractivity contribution is 5.88. The predicted octanol–water partition coefficient (Wildman–Crippen LogP) is 3.77. The van der Waals surface area contributed by atoms with E-state index in [0.717, 1.165) is 23.1 Å². The van der Waals surface area contributed by atoms with Crippen LogP contribution in [0.2, 0.25) is 0 Å². The topological polar surface area (TPSA) is 58.2 Å². The third kappa shape index (κ3) is 4.10. The summed E-state index contributed by atoms with van der Waals surface area (Å²) in [6.45, 7) is 3.54. The van der Waals surface area contributed by atoms with Crippen molar-refractivity contribution in [2.75, 3.05) is 5.32 Å². The minimum absolute atomic E-state index is 0.0914. The second-order valence-corrected chi connectivity index (χ2v) is 6.92. The third-order valence-corrected chi connectivity index (χ3v) is 4.86. The van der Waals surface area contributed by atoms with Crippen molar-refractivity contribution < 1.29 is 14.0 Å². The Labute approximate surface area is 152 Å². The summed E-state index contributed by atoms with van der Waals surface area (Å²) in [6, 6.07) is 12.1. The summed E-state index contributed by atoms with van der Waals surface area (Å²) in [5.74, 6) is -0.156. The molecule has 0 aliphatic heterocycles. The smallest absolute Gasteiger partial charge is 0.224 e. The monoisotopic (exact) mass is 354 g/mol. The van der Waals surface area contributed by atoms with E-state index in [1.807, 2.05) is 18.2 Å². The maximum atomic E-state index is 14.0. The van der Waals surface area contributed by atoms with Crippen LogP contribution in [0.1, 0.15) is 43.0 Å². The van der Waals surface area contributed by atoms with Crippen LogP contribution in [0.25, 0.3) is 0 Å². The van der Waals surface area contributed by atoms with Gasteiger partial charge < -0.3 is 10.6 Å². The molecule has 0 bridgehead atoms. The largest absolute Gasteiger partial charge is 0.349 e. The van der Waals surface area contributed by atoms with Crippen LogP contribution in [0.5, 0.6) is 0 Å². The molecule has 0 aromatic heterocycles. The predicted molar refractivity (Wildman–Crippen MR) is 99.2 cm³/mol. The molecule has 4 nitrogen and oxygen atoms in total. The van der Waals surface area contributed by atoms with Gasteiger partial charge in [0, 0.05) is 12.6 Å². The summed E-state index contributed by atoms with van der Waals surface area (Å²) in [4.78, 5) is 23.6. The number of hydrogen-bond acceptors (Lipinski definition) is 2. The van der Waals surface area contributed by atoms with Crippen LogP contribution in [-0.4, -0.2) is 11.8 Å². The summed E-state index contributed by atoms with van der Waals surface area (Å²) in [7, 11) is 0. The SMILES string of the molecule is CC(=O)Nc1ccc(CC(=O)N[C@H]2c3cccc(F)c3CC[C@@H]2C)cc1. The molecule has 1 aliphatic rings. The number of benzene rings is 2. The molecule has 3 rings (SSSR count). The van der Waals surface area contributed by atoms with Crippen molar-refractivity contribution in [1.82, 2.24) is 5.32 Å². The van der Waals surface area contributed by atoms with Gasteiger partial charge in [0.05, 0.1) is 12.5 Å². The molecular weight excluding hydrogens is 331 g/mol.